The average Bonchev–Trinajstić information content (AvgIpc) is 2.88. The maximum Gasteiger partial charge on any atom is 0.458 e. The largest absolute Gasteiger partial charge is 0.458 e. The zero-order chi connectivity index (χ0) is 33.8. The molecule has 22 heteroatoms. The fourth-order valence-corrected chi connectivity index (χ4v) is 14.6. The molecule has 1 saturated heterocycles. The van der Waals surface area contributed by atoms with E-state index in [0.29, 0.717) is 18.9 Å². The fraction of sp³-hybridized carbons (Fsp3) is 0.682. The van der Waals surface area contributed by atoms with Crippen molar-refractivity contribution in [3.8, 4) is 0 Å². The molecule has 7 nitrogen and oxygen atoms in total. The number of alkyl halides is 12. The van der Waals surface area contributed by atoms with Gasteiger partial charge in [-0.05, 0) is 44.2 Å². The van der Waals surface area contributed by atoms with Crippen LogP contribution in [0.25, 0.3) is 0 Å². The summed E-state index contributed by atoms with van der Waals surface area (Å²) in [7, 11) is -8.69. The second-order valence-electron chi connectivity index (χ2n) is 9.91. The van der Waals surface area contributed by atoms with Gasteiger partial charge in [-0.1, -0.05) is 24.6 Å². The van der Waals surface area contributed by atoms with E-state index in [-0.39, 0.29) is 11.5 Å². The molecule has 0 aliphatic carbocycles. The molecular weight excluding hydrogens is 686 g/mol. The summed E-state index contributed by atoms with van der Waals surface area (Å²) >= 11 is 0. The van der Waals surface area contributed by atoms with Crippen molar-refractivity contribution in [1.82, 2.24) is 0 Å². The SMILES string of the molecule is C[SiH]1CCCCO[SiH](C)O[Si](C)(CN(C(=O)C(F)(OC(F)(F)C(OC(F)(F)CF)C(F)(F)F)C(F)(F)F)c2ccccc2)O1. The summed E-state index contributed by atoms with van der Waals surface area (Å²) in [6, 6.07) is 6.05. The van der Waals surface area contributed by atoms with Gasteiger partial charge in [0.05, 0.1) is 6.17 Å². The van der Waals surface area contributed by atoms with E-state index in [1.54, 1.807) is 6.55 Å². The van der Waals surface area contributed by atoms with Crippen LogP contribution in [-0.4, -0.2) is 88.8 Å². The van der Waals surface area contributed by atoms with Gasteiger partial charge in [0.25, 0.3) is 0 Å². The second kappa shape index (κ2) is 14.4. The summed E-state index contributed by atoms with van der Waals surface area (Å²) in [4.78, 5) is 13.3. The number of benzene rings is 1. The monoisotopic (exact) mass is 715 g/mol. The molecule has 0 N–H and O–H groups in total. The van der Waals surface area contributed by atoms with Crippen molar-refractivity contribution in [1.29, 1.82) is 0 Å². The van der Waals surface area contributed by atoms with Crippen LogP contribution in [0.3, 0.4) is 0 Å². The van der Waals surface area contributed by atoms with E-state index in [2.05, 4.69) is 9.47 Å². The van der Waals surface area contributed by atoms with Gasteiger partial charge in [0, 0.05) is 12.3 Å². The maximum atomic E-state index is 15.7. The van der Waals surface area contributed by atoms with Crippen LogP contribution in [0, 0.1) is 0 Å². The Balaban J connectivity index is 2.64. The number of amides is 1. The maximum absolute atomic E-state index is 15.7. The normalized spacial score (nSPS) is 25.2. The molecule has 1 aromatic carbocycles. The molecule has 0 radical (unpaired) electrons. The molecular formula is C22H29F12NO6Si3. The summed E-state index contributed by atoms with van der Waals surface area (Å²) in [5, 5.41) is 0. The van der Waals surface area contributed by atoms with E-state index in [9.17, 15) is 53.1 Å². The molecule has 1 aromatic rings. The van der Waals surface area contributed by atoms with Gasteiger partial charge in [-0.25, -0.2) is 4.39 Å². The first-order valence-corrected chi connectivity index (χ1v) is 19.9. The number of anilines is 1. The summed E-state index contributed by atoms with van der Waals surface area (Å²) in [5.41, 5.74) is -0.564. The Hall–Kier alpha value is -1.70. The van der Waals surface area contributed by atoms with E-state index in [4.69, 9.17) is 12.7 Å². The predicted octanol–water partition coefficient (Wildman–Crippen LogP) is 6.03. The van der Waals surface area contributed by atoms with Gasteiger partial charge >= 0.3 is 54.2 Å². The summed E-state index contributed by atoms with van der Waals surface area (Å²) in [5.74, 6) is -9.30. The van der Waals surface area contributed by atoms with Crippen molar-refractivity contribution < 1.29 is 79.6 Å². The lowest BCUT2D eigenvalue weighted by molar-refractivity contribution is -0.457. The molecule has 2 rings (SSSR count). The second-order valence-corrected chi connectivity index (χ2v) is 18.0. The lowest BCUT2D eigenvalue weighted by Crippen LogP contribution is -2.65. The van der Waals surface area contributed by atoms with E-state index < -0.39 is 87.9 Å². The number of nitrogens with zero attached hydrogens (tertiary/aromatic N) is 1. The quantitative estimate of drug-likeness (QED) is 0.218. The van der Waals surface area contributed by atoms with Crippen molar-refractivity contribution in [2.45, 2.75) is 75.1 Å². The van der Waals surface area contributed by atoms with Crippen molar-refractivity contribution in [2.24, 2.45) is 0 Å². The first-order valence-electron chi connectivity index (χ1n) is 12.8. The first kappa shape index (κ1) is 38.5. The molecule has 254 valence electrons. The number of halogens is 12. The molecule has 1 fully saturated rings. The van der Waals surface area contributed by atoms with E-state index in [1.165, 1.54) is 19.2 Å². The molecule has 5 atom stereocenters. The first-order chi connectivity index (χ1) is 20.0. The average molecular weight is 716 g/mol. The van der Waals surface area contributed by atoms with E-state index >= 15 is 4.39 Å². The summed E-state index contributed by atoms with van der Waals surface area (Å²) in [6.45, 7) is 1.69. The molecule has 0 bridgehead atoms. The number of carbonyl (C=O) groups excluding carboxylic acids is 1. The van der Waals surface area contributed by atoms with Crippen molar-refractivity contribution >= 4 is 38.5 Å². The van der Waals surface area contributed by atoms with Crippen LogP contribution >= 0.6 is 0 Å². The third-order valence-corrected chi connectivity index (χ3v) is 15.7. The van der Waals surface area contributed by atoms with Gasteiger partial charge in [-0.2, -0.15) is 48.3 Å². The molecule has 0 spiro atoms. The van der Waals surface area contributed by atoms with E-state index in [0.717, 1.165) is 24.3 Å². The van der Waals surface area contributed by atoms with Crippen LogP contribution in [0.2, 0.25) is 25.7 Å². The number of rotatable bonds is 10. The zero-order valence-corrected chi connectivity index (χ0v) is 26.6. The van der Waals surface area contributed by atoms with Crippen LogP contribution in [0.1, 0.15) is 12.8 Å². The van der Waals surface area contributed by atoms with Gasteiger partial charge in [0.1, 0.15) is 0 Å². The predicted molar refractivity (Wildman–Crippen MR) is 136 cm³/mol. The number of hydrogen-bond acceptors (Lipinski definition) is 6. The highest BCUT2D eigenvalue weighted by molar-refractivity contribution is 6.79. The summed E-state index contributed by atoms with van der Waals surface area (Å²) < 4.78 is 189. The van der Waals surface area contributed by atoms with E-state index in [1.807, 2.05) is 0 Å². The van der Waals surface area contributed by atoms with Crippen molar-refractivity contribution in [3.05, 3.63) is 30.3 Å². The van der Waals surface area contributed by atoms with Crippen molar-refractivity contribution in [3.63, 3.8) is 0 Å². The highest BCUT2D eigenvalue weighted by atomic mass is 28.5. The number of para-hydroxylation sites is 1. The lowest BCUT2D eigenvalue weighted by Gasteiger charge is -2.40. The minimum Gasteiger partial charge on any atom is -0.438 e. The molecule has 1 aliphatic heterocycles. The van der Waals surface area contributed by atoms with Gasteiger partial charge in [0.2, 0.25) is 6.10 Å². The number of carbonyl (C=O) groups is 1. The molecule has 44 heavy (non-hydrogen) atoms. The third-order valence-electron chi connectivity index (χ3n) is 5.95. The zero-order valence-electron chi connectivity index (χ0n) is 23.3. The highest BCUT2D eigenvalue weighted by Crippen LogP contribution is 2.46. The standard InChI is InChI=1S/C22H29F12NO6Si3/c1-42-12-8-7-11-37-43(2)41-44(3,40-42)14-35(15-9-5-4-6-10-15)17(36)19(26,22(32,33)34)39-21(30,31)16(20(27,28)29)38-18(24,25)13-23/h4-6,9-10,16,42-43H,7-8,11-14H2,1-3H3. The molecule has 5 unspecified atom stereocenters. The molecule has 1 amide bonds. The minimum absolute atomic E-state index is 0.0383. The Morgan fingerprint density at radius 1 is 0.977 bits per heavy atom. The Bertz CT molecular complexity index is 1070. The van der Waals surface area contributed by atoms with Gasteiger partial charge in [-0.3, -0.25) is 14.3 Å². The molecule has 0 saturated carbocycles. The topological polar surface area (TPSA) is 66.5 Å². The molecule has 0 aromatic heterocycles. The van der Waals surface area contributed by atoms with Crippen molar-refractivity contribution in [2.75, 3.05) is 24.3 Å². The smallest absolute Gasteiger partial charge is 0.438 e. The highest BCUT2D eigenvalue weighted by Gasteiger charge is 2.73. The molecule has 1 heterocycles. The van der Waals surface area contributed by atoms with Gasteiger partial charge in [-0.15, -0.1) is 0 Å². The van der Waals surface area contributed by atoms with Crippen LogP contribution in [0.15, 0.2) is 30.3 Å². The fourth-order valence-electron chi connectivity index (χ4n) is 4.10. The number of hydrogen-bond donors (Lipinski definition) is 0. The number of ether oxygens (including phenoxy) is 2. The Morgan fingerprint density at radius 2 is 1.57 bits per heavy atom. The Labute approximate surface area is 248 Å². The Kier molecular flexibility index (Phi) is 12.6. The van der Waals surface area contributed by atoms with Gasteiger partial charge < -0.3 is 17.6 Å². The van der Waals surface area contributed by atoms with Crippen LogP contribution in [-0.2, 0) is 26.9 Å². The minimum atomic E-state index is -6.83. The van der Waals surface area contributed by atoms with Crippen LogP contribution in [0.4, 0.5) is 58.4 Å². The van der Waals surface area contributed by atoms with Crippen LogP contribution in [0.5, 0.6) is 0 Å². The van der Waals surface area contributed by atoms with Gasteiger partial charge in [0.15, 0.2) is 15.7 Å². The summed E-state index contributed by atoms with van der Waals surface area (Å²) in [6.07, 6.45) is -30.8. The third kappa shape index (κ3) is 10.2. The lowest BCUT2D eigenvalue weighted by atomic mass is 10.2. The molecule has 1 aliphatic rings. The Morgan fingerprint density at radius 3 is 2.09 bits per heavy atom. The van der Waals surface area contributed by atoms with Crippen LogP contribution < -0.4 is 4.90 Å².